The molecule has 0 unspecified atom stereocenters. The van der Waals surface area contributed by atoms with Gasteiger partial charge in [-0.25, -0.2) is 9.48 Å². The lowest BCUT2D eigenvalue weighted by Gasteiger charge is -2.32. The van der Waals surface area contributed by atoms with E-state index >= 15 is 0 Å². The monoisotopic (exact) mass is 425 g/mol. The molecule has 0 radical (unpaired) electrons. The lowest BCUT2D eigenvalue weighted by atomic mass is 9.82. The van der Waals surface area contributed by atoms with Crippen molar-refractivity contribution in [2.24, 2.45) is 11.8 Å². The van der Waals surface area contributed by atoms with Crippen LogP contribution in [0.25, 0.3) is 5.69 Å². The molecule has 6 heteroatoms. The zero-order valence-corrected chi connectivity index (χ0v) is 19.6. The van der Waals surface area contributed by atoms with E-state index in [-0.39, 0.29) is 24.5 Å². The summed E-state index contributed by atoms with van der Waals surface area (Å²) in [5.74, 6) is 0.619. The van der Waals surface area contributed by atoms with Crippen molar-refractivity contribution in [1.29, 1.82) is 0 Å². The van der Waals surface area contributed by atoms with Gasteiger partial charge in [-0.2, -0.15) is 0 Å². The second-order valence-electron chi connectivity index (χ2n) is 9.14. The van der Waals surface area contributed by atoms with E-state index in [9.17, 15) is 9.59 Å². The van der Waals surface area contributed by atoms with Crippen molar-refractivity contribution >= 4 is 17.7 Å². The molecule has 1 aliphatic carbocycles. The fraction of sp³-hybridized carbons (Fsp3) is 0.560. The molecule has 31 heavy (non-hydrogen) atoms. The van der Waals surface area contributed by atoms with Crippen LogP contribution in [0, 0.1) is 25.7 Å². The molecule has 0 saturated heterocycles. The first-order chi connectivity index (χ1) is 14.7. The number of carbonyl (C=O) groups is 2. The van der Waals surface area contributed by atoms with Crippen molar-refractivity contribution in [2.75, 3.05) is 11.5 Å². The quantitative estimate of drug-likeness (QED) is 0.594. The van der Waals surface area contributed by atoms with E-state index < -0.39 is 5.97 Å². The number of rotatable bonds is 6. The minimum absolute atomic E-state index is 0.0278. The van der Waals surface area contributed by atoms with Crippen molar-refractivity contribution in [3.05, 3.63) is 41.1 Å². The second-order valence-corrected chi connectivity index (χ2v) is 9.14. The standard InChI is InChI=1S/C25H35N3O3/c1-7-31-25(30)22-15-27(21-13-18(5)12-19(6)14-21)26-23(22)28(16(2)3)24(29)20-10-8-17(4)9-11-20/h12-17,20H,7-11H2,1-6H3/t17-,20-. The van der Waals surface area contributed by atoms with Gasteiger partial charge in [0.05, 0.1) is 12.3 Å². The summed E-state index contributed by atoms with van der Waals surface area (Å²) in [5, 5.41) is 4.74. The van der Waals surface area contributed by atoms with Crippen LogP contribution >= 0.6 is 0 Å². The van der Waals surface area contributed by atoms with Gasteiger partial charge in [0.25, 0.3) is 0 Å². The van der Waals surface area contributed by atoms with Crippen LogP contribution < -0.4 is 4.90 Å². The van der Waals surface area contributed by atoms with Gasteiger partial charge < -0.3 is 4.74 Å². The van der Waals surface area contributed by atoms with Gasteiger partial charge in [-0.1, -0.05) is 13.0 Å². The first kappa shape index (κ1) is 23.0. The number of benzene rings is 1. The zero-order valence-electron chi connectivity index (χ0n) is 19.6. The van der Waals surface area contributed by atoms with Crippen molar-refractivity contribution in [1.82, 2.24) is 9.78 Å². The molecule has 2 aromatic rings. The smallest absolute Gasteiger partial charge is 0.343 e. The normalized spacial score (nSPS) is 18.8. The van der Waals surface area contributed by atoms with Gasteiger partial charge in [0, 0.05) is 18.2 Å². The van der Waals surface area contributed by atoms with E-state index in [1.165, 1.54) is 0 Å². The third kappa shape index (κ3) is 5.17. The van der Waals surface area contributed by atoms with Gasteiger partial charge in [0.15, 0.2) is 5.82 Å². The Labute approximate surface area is 185 Å². The predicted molar refractivity (Wildman–Crippen MR) is 123 cm³/mol. The summed E-state index contributed by atoms with van der Waals surface area (Å²) in [6.45, 7) is 12.3. The molecule has 1 amide bonds. The van der Waals surface area contributed by atoms with E-state index in [2.05, 4.69) is 13.0 Å². The maximum Gasteiger partial charge on any atom is 0.343 e. The lowest BCUT2D eigenvalue weighted by Crippen LogP contribution is -2.43. The molecule has 1 aromatic heterocycles. The average molecular weight is 426 g/mol. The number of aromatic nitrogens is 2. The third-order valence-electron chi connectivity index (χ3n) is 6.01. The van der Waals surface area contributed by atoms with E-state index in [1.807, 2.05) is 39.8 Å². The second kappa shape index (κ2) is 9.67. The minimum Gasteiger partial charge on any atom is -0.462 e. The Kier molecular flexibility index (Phi) is 7.19. The summed E-state index contributed by atoms with van der Waals surface area (Å²) in [7, 11) is 0. The fourth-order valence-electron chi connectivity index (χ4n) is 4.42. The largest absolute Gasteiger partial charge is 0.462 e. The zero-order chi connectivity index (χ0) is 22.7. The van der Waals surface area contributed by atoms with Crippen molar-refractivity contribution in [3.63, 3.8) is 0 Å². The van der Waals surface area contributed by atoms with Crippen LogP contribution in [0.15, 0.2) is 24.4 Å². The van der Waals surface area contributed by atoms with Gasteiger partial charge in [0.1, 0.15) is 5.56 Å². The maximum atomic E-state index is 13.6. The number of aryl methyl sites for hydroxylation is 2. The van der Waals surface area contributed by atoms with E-state index in [4.69, 9.17) is 9.84 Å². The van der Waals surface area contributed by atoms with E-state index in [0.29, 0.717) is 17.3 Å². The van der Waals surface area contributed by atoms with Gasteiger partial charge in [0.2, 0.25) is 5.91 Å². The molecule has 168 valence electrons. The van der Waals surface area contributed by atoms with Crippen LogP contribution in [0.2, 0.25) is 0 Å². The van der Waals surface area contributed by atoms with E-state index in [0.717, 1.165) is 42.5 Å². The molecule has 0 aliphatic heterocycles. The van der Waals surface area contributed by atoms with Crippen LogP contribution in [0.5, 0.6) is 0 Å². The highest BCUT2D eigenvalue weighted by molar-refractivity contribution is 6.02. The van der Waals surface area contributed by atoms with Crippen LogP contribution in [0.1, 0.15) is 74.9 Å². The first-order valence-corrected chi connectivity index (χ1v) is 11.4. The molecule has 1 fully saturated rings. The first-order valence-electron chi connectivity index (χ1n) is 11.4. The SMILES string of the molecule is CCOC(=O)c1cn(-c2cc(C)cc(C)c2)nc1N(C(=O)[C@H]1CC[C@H](C)CC1)C(C)C. The summed E-state index contributed by atoms with van der Waals surface area (Å²) < 4.78 is 6.99. The molecule has 0 atom stereocenters. The predicted octanol–water partition coefficient (Wildman–Crippen LogP) is 5.23. The fourth-order valence-corrected chi connectivity index (χ4v) is 4.42. The maximum absolute atomic E-state index is 13.6. The molecule has 1 aromatic carbocycles. The molecular weight excluding hydrogens is 390 g/mol. The molecule has 0 spiro atoms. The number of carbonyl (C=O) groups excluding carboxylic acids is 2. The third-order valence-corrected chi connectivity index (χ3v) is 6.01. The van der Waals surface area contributed by atoms with Gasteiger partial charge in [-0.3, -0.25) is 9.69 Å². The summed E-state index contributed by atoms with van der Waals surface area (Å²) in [5.41, 5.74) is 3.40. The molecule has 1 saturated carbocycles. The van der Waals surface area contributed by atoms with Crippen LogP contribution in [-0.4, -0.2) is 34.3 Å². The molecule has 3 rings (SSSR count). The number of amides is 1. The van der Waals surface area contributed by atoms with Crippen LogP contribution in [-0.2, 0) is 9.53 Å². The summed E-state index contributed by atoms with van der Waals surface area (Å²) in [6.07, 6.45) is 5.58. The van der Waals surface area contributed by atoms with Crippen molar-refractivity contribution < 1.29 is 14.3 Å². The highest BCUT2D eigenvalue weighted by Gasteiger charge is 2.34. The van der Waals surface area contributed by atoms with Crippen LogP contribution in [0.4, 0.5) is 5.82 Å². The Morgan fingerprint density at radius 2 is 1.74 bits per heavy atom. The number of anilines is 1. The number of ether oxygens (including phenoxy) is 1. The topological polar surface area (TPSA) is 64.4 Å². The number of hydrogen-bond acceptors (Lipinski definition) is 4. The van der Waals surface area contributed by atoms with Gasteiger partial charge in [-0.05, 0) is 89.5 Å². The molecule has 1 heterocycles. The Balaban J connectivity index is 2.05. The number of nitrogens with zero attached hydrogens (tertiary/aromatic N) is 3. The number of hydrogen-bond donors (Lipinski definition) is 0. The Morgan fingerprint density at radius 1 is 1.13 bits per heavy atom. The summed E-state index contributed by atoms with van der Waals surface area (Å²) in [6, 6.07) is 6.00. The van der Waals surface area contributed by atoms with E-state index in [1.54, 1.807) is 22.7 Å². The highest BCUT2D eigenvalue weighted by Crippen LogP contribution is 2.33. The molecular formula is C25H35N3O3. The Morgan fingerprint density at radius 3 is 2.29 bits per heavy atom. The molecule has 0 N–H and O–H groups in total. The molecule has 6 nitrogen and oxygen atoms in total. The highest BCUT2D eigenvalue weighted by atomic mass is 16.5. The molecule has 1 aliphatic rings. The van der Waals surface area contributed by atoms with Crippen LogP contribution in [0.3, 0.4) is 0 Å². The van der Waals surface area contributed by atoms with Crippen molar-refractivity contribution in [2.45, 2.75) is 73.3 Å². The van der Waals surface area contributed by atoms with Gasteiger partial charge >= 0.3 is 5.97 Å². The lowest BCUT2D eigenvalue weighted by molar-refractivity contribution is -0.123. The number of esters is 1. The minimum atomic E-state index is -0.455. The summed E-state index contributed by atoms with van der Waals surface area (Å²) in [4.78, 5) is 28.1. The van der Waals surface area contributed by atoms with Crippen molar-refractivity contribution in [3.8, 4) is 5.69 Å². The Bertz CT molecular complexity index is 919. The Hall–Kier alpha value is -2.63. The molecule has 0 bridgehead atoms. The summed E-state index contributed by atoms with van der Waals surface area (Å²) >= 11 is 0. The average Bonchev–Trinajstić information content (AvgIpc) is 3.13. The van der Waals surface area contributed by atoms with Gasteiger partial charge in [-0.15, -0.1) is 5.10 Å².